The number of nitrogens with one attached hydrogen (secondary N) is 1. The summed E-state index contributed by atoms with van der Waals surface area (Å²) in [5.74, 6) is 1.43. The van der Waals surface area contributed by atoms with Gasteiger partial charge in [-0.3, -0.25) is 4.79 Å². The summed E-state index contributed by atoms with van der Waals surface area (Å²) in [6.07, 6.45) is 2.04. The summed E-state index contributed by atoms with van der Waals surface area (Å²) in [7, 11) is 0. The molecule has 0 aliphatic heterocycles. The Kier molecular flexibility index (Phi) is 9.91. The summed E-state index contributed by atoms with van der Waals surface area (Å²) in [6, 6.07) is 7.70. The Hall–Kier alpha value is -1.07. The lowest BCUT2D eigenvalue weighted by atomic mass is 10.2. The highest BCUT2D eigenvalue weighted by atomic mass is 79.9. The number of hydrogen-bond donors (Lipinski definition) is 1. The number of halogens is 1. The fourth-order valence-corrected chi connectivity index (χ4v) is 2.19. The van der Waals surface area contributed by atoms with Crippen LogP contribution >= 0.6 is 15.9 Å². The molecule has 0 aliphatic rings. The Morgan fingerprint density at radius 2 is 2.00 bits per heavy atom. The van der Waals surface area contributed by atoms with Crippen LogP contribution in [-0.2, 0) is 9.53 Å². The number of amides is 1. The smallest absolute Gasteiger partial charge is 0.220 e. The molecule has 5 heteroatoms. The van der Waals surface area contributed by atoms with Crippen molar-refractivity contribution in [3.8, 4) is 5.75 Å². The predicted molar refractivity (Wildman–Crippen MR) is 92.2 cm³/mol. The molecular formula is C17H26BrNO3. The van der Waals surface area contributed by atoms with Gasteiger partial charge in [-0.2, -0.15) is 0 Å². The molecule has 0 spiro atoms. The first-order valence-corrected chi connectivity index (χ1v) is 8.60. The maximum absolute atomic E-state index is 11.6. The van der Waals surface area contributed by atoms with Crippen molar-refractivity contribution in [2.24, 2.45) is 5.92 Å². The van der Waals surface area contributed by atoms with Gasteiger partial charge >= 0.3 is 0 Å². The van der Waals surface area contributed by atoms with Crippen LogP contribution in [0.1, 0.15) is 33.1 Å². The Morgan fingerprint density at radius 1 is 1.23 bits per heavy atom. The lowest BCUT2D eigenvalue weighted by Gasteiger charge is -2.09. The molecule has 0 fully saturated rings. The zero-order valence-electron chi connectivity index (χ0n) is 13.4. The molecule has 1 rings (SSSR count). The van der Waals surface area contributed by atoms with Crippen LogP contribution in [0.3, 0.4) is 0 Å². The standard InChI is InChI=1S/C17H26BrNO3/c1-14(2)13-21-11-6-10-19-17(20)9-5-12-22-16-8-4-3-7-15(16)18/h3-4,7-8,14H,5-6,9-13H2,1-2H3,(H,19,20). The number of benzene rings is 1. The summed E-state index contributed by atoms with van der Waals surface area (Å²) >= 11 is 3.42. The molecule has 124 valence electrons. The van der Waals surface area contributed by atoms with Crippen LogP contribution in [0.15, 0.2) is 28.7 Å². The van der Waals surface area contributed by atoms with E-state index in [9.17, 15) is 4.79 Å². The zero-order chi connectivity index (χ0) is 16.2. The molecule has 22 heavy (non-hydrogen) atoms. The van der Waals surface area contributed by atoms with Crippen molar-refractivity contribution in [1.82, 2.24) is 5.32 Å². The largest absolute Gasteiger partial charge is 0.492 e. The summed E-state index contributed by atoms with van der Waals surface area (Å²) in [5, 5.41) is 2.90. The van der Waals surface area contributed by atoms with E-state index in [2.05, 4.69) is 35.1 Å². The van der Waals surface area contributed by atoms with Gasteiger partial charge in [0.25, 0.3) is 0 Å². The molecule has 0 saturated carbocycles. The van der Waals surface area contributed by atoms with Crippen LogP contribution in [0.25, 0.3) is 0 Å². The van der Waals surface area contributed by atoms with Crippen molar-refractivity contribution in [1.29, 1.82) is 0 Å². The summed E-state index contributed by atoms with van der Waals surface area (Å²) in [6.45, 7) is 6.93. The van der Waals surface area contributed by atoms with Gasteiger partial charge in [-0.1, -0.05) is 26.0 Å². The average molecular weight is 372 g/mol. The molecule has 0 aromatic heterocycles. The third-order valence-corrected chi connectivity index (χ3v) is 3.54. The van der Waals surface area contributed by atoms with Crippen molar-refractivity contribution < 1.29 is 14.3 Å². The highest BCUT2D eigenvalue weighted by Gasteiger charge is 2.03. The number of carbonyl (C=O) groups excluding carboxylic acids is 1. The number of para-hydroxylation sites is 1. The van der Waals surface area contributed by atoms with Crippen molar-refractivity contribution in [2.75, 3.05) is 26.4 Å². The first-order chi connectivity index (χ1) is 10.6. The Labute approximate surface area is 141 Å². The van der Waals surface area contributed by atoms with Crippen molar-refractivity contribution in [3.63, 3.8) is 0 Å². The lowest BCUT2D eigenvalue weighted by molar-refractivity contribution is -0.121. The highest BCUT2D eigenvalue weighted by molar-refractivity contribution is 9.10. The quantitative estimate of drug-likeness (QED) is 0.602. The Bertz CT molecular complexity index is 438. The lowest BCUT2D eigenvalue weighted by Crippen LogP contribution is -2.25. The number of carbonyl (C=O) groups is 1. The van der Waals surface area contributed by atoms with E-state index < -0.39 is 0 Å². The minimum Gasteiger partial charge on any atom is -0.492 e. The molecule has 0 bridgehead atoms. The van der Waals surface area contributed by atoms with Crippen LogP contribution in [0.4, 0.5) is 0 Å². The molecule has 0 unspecified atom stereocenters. The van der Waals surface area contributed by atoms with Crippen LogP contribution in [0.2, 0.25) is 0 Å². The normalized spacial score (nSPS) is 10.7. The third kappa shape index (κ3) is 9.05. The summed E-state index contributed by atoms with van der Waals surface area (Å²) < 4.78 is 12.0. The fraction of sp³-hybridized carbons (Fsp3) is 0.588. The highest BCUT2D eigenvalue weighted by Crippen LogP contribution is 2.23. The van der Waals surface area contributed by atoms with E-state index in [0.29, 0.717) is 38.5 Å². The van der Waals surface area contributed by atoms with Crippen LogP contribution in [-0.4, -0.2) is 32.3 Å². The van der Waals surface area contributed by atoms with Gasteiger partial charge in [-0.05, 0) is 46.8 Å². The van der Waals surface area contributed by atoms with Gasteiger partial charge in [0.05, 0.1) is 11.1 Å². The van der Waals surface area contributed by atoms with E-state index in [1.807, 2.05) is 24.3 Å². The second kappa shape index (κ2) is 11.5. The summed E-state index contributed by atoms with van der Waals surface area (Å²) in [4.78, 5) is 11.6. The minimum atomic E-state index is 0.0691. The first kappa shape index (κ1) is 19.0. The van der Waals surface area contributed by atoms with E-state index in [0.717, 1.165) is 23.2 Å². The van der Waals surface area contributed by atoms with Crippen LogP contribution in [0.5, 0.6) is 5.75 Å². The van der Waals surface area contributed by atoms with Gasteiger partial charge in [-0.15, -0.1) is 0 Å². The molecule has 1 N–H and O–H groups in total. The Morgan fingerprint density at radius 3 is 2.73 bits per heavy atom. The first-order valence-electron chi connectivity index (χ1n) is 7.81. The molecule has 4 nitrogen and oxygen atoms in total. The van der Waals surface area contributed by atoms with Crippen molar-refractivity contribution in [2.45, 2.75) is 33.1 Å². The van der Waals surface area contributed by atoms with Gasteiger partial charge in [0.1, 0.15) is 5.75 Å². The molecular weight excluding hydrogens is 346 g/mol. The second-order valence-corrected chi connectivity index (χ2v) is 6.41. The number of ether oxygens (including phenoxy) is 2. The van der Waals surface area contributed by atoms with E-state index in [4.69, 9.17) is 9.47 Å². The third-order valence-electron chi connectivity index (χ3n) is 2.88. The molecule has 0 aliphatic carbocycles. The van der Waals surface area contributed by atoms with Gasteiger partial charge in [0.15, 0.2) is 0 Å². The van der Waals surface area contributed by atoms with E-state index in [1.165, 1.54) is 0 Å². The van der Waals surface area contributed by atoms with E-state index in [1.54, 1.807) is 0 Å². The maximum Gasteiger partial charge on any atom is 0.220 e. The summed E-state index contributed by atoms with van der Waals surface area (Å²) in [5.41, 5.74) is 0. The van der Waals surface area contributed by atoms with E-state index in [-0.39, 0.29) is 5.91 Å². The van der Waals surface area contributed by atoms with Crippen molar-refractivity contribution in [3.05, 3.63) is 28.7 Å². The van der Waals surface area contributed by atoms with Crippen LogP contribution < -0.4 is 10.1 Å². The second-order valence-electron chi connectivity index (χ2n) is 5.55. The number of hydrogen-bond acceptors (Lipinski definition) is 3. The predicted octanol–water partition coefficient (Wildman–Crippen LogP) is 3.79. The topological polar surface area (TPSA) is 47.6 Å². The number of rotatable bonds is 11. The SMILES string of the molecule is CC(C)COCCCNC(=O)CCCOc1ccccc1Br. The molecule has 1 amide bonds. The van der Waals surface area contributed by atoms with E-state index >= 15 is 0 Å². The monoisotopic (exact) mass is 371 g/mol. The van der Waals surface area contributed by atoms with Gasteiger partial charge < -0.3 is 14.8 Å². The van der Waals surface area contributed by atoms with Gasteiger partial charge in [0.2, 0.25) is 5.91 Å². The zero-order valence-corrected chi connectivity index (χ0v) is 15.0. The molecule has 1 aromatic rings. The Balaban J connectivity index is 1.99. The average Bonchev–Trinajstić information content (AvgIpc) is 2.48. The van der Waals surface area contributed by atoms with Gasteiger partial charge in [0, 0.05) is 26.2 Å². The fourth-order valence-electron chi connectivity index (χ4n) is 1.79. The molecule has 0 atom stereocenters. The van der Waals surface area contributed by atoms with Crippen LogP contribution in [0, 0.1) is 5.92 Å². The minimum absolute atomic E-state index is 0.0691. The van der Waals surface area contributed by atoms with Crippen molar-refractivity contribution >= 4 is 21.8 Å². The molecule has 0 saturated heterocycles. The van der Waals surface area contributed by atoms with Gasteiger partial charge in [-0.25, -0.2) is 0 Å². The molecule has 0 heterocycles. The molecule has 0 radical (unpaired) electrons. The molecule has 1 aromatic carbocycles. The maximum atomic E-state index is 11.6.